The molecule has 0 aliphatic rings. The van der Waals surface area contributed by atoms with Crippen LogP contribution in [0.1, 0.15) is 11.1 Å². The predicted octanol–water partition coefficient (Wildman–Crippen LogP) is 4.28. The molecule has 2 aromatic carbocycles. The van der Waals surface area contributed by atoms with Gasteiger partial charge in [0.15, 0.2) is 0 Å². The lowest BCUT2D eigenvalue weighted by molar-refractivity contribution is 1.43. The van der Waals surface area contributed by atoms with E-state index in [1.807, 2.05) is 50.2 Å². The van der Waals surface area contributed by atoms with Crippen molar-refractivity contribution in [1.29, 1.82) is 0 Å². The van der Waals surface area contributed by atoms with E-state index in [-0.39, 0.29) is 0 Å². The molecule has 0 amide bonds. The van der Waals surface area contributed by atoms with Crippen LogP contribution in [-0.4, -0.2) is 0 Å². The SMILES string of the molecule is Cc1cc(N)cc(Nc2cc(C)ccc2Cl)c1. The van der Waals surface area contributed by atoms with Crippen molar-refractivity contribution in [3.8, 4) is 0 Å². The summed E-state index contributed by atoms with van der Waals surface area (Å²) in [5.41, 5.74) is 10.7. The van der Waals surface area contributed by atoms with Crippen LogP contribution in [0.3, 0.4) is 0 Å². The first-order chi connectivity index (χ1) is 8.04. The highest BCUT2D eigenvalue weighted by Crippen LogP contribution is 2.27. The molecular formula is C14H15ClN2. The van der Waals surface area contributed by atoms with Crippen LogP contribution in [0.15, 0.2) is 36.4 Å². The van der Waals surface area contributed by atoms with Gasteiger partial charge in [0.2, 0.25) is 0 Å². The monoisotopic (exact) mass is 246 g/mol. The Hall–Kier alpha value is -1.67. The Kier molecular flexibility index (Phi) is 3.25. The summed E-state index contributed by atoms with van der Waals surface area (Å²) in [4.78, 5) is 0. The highest BCUT2D eigenvalue weighted by Gasteiger charge is 2.02. The molecule has 17 heavy (non-hydrogen) atoms. The number of anilines is 3. The first-order valence-electron chi connectivity index (χ1n) is 5.45. The highest BCUT2D eigenvalue weighted by molar-refractivity contribution is 6.33. The summed E-state index contributed by atoms with van der Waals surface area (Å²) in [6.07, 6.45) is 0. The predicted molar refractivity (Wildman–Crippen MR) is 75.1 cm³/mol. The van der Waals surface area contributed by atoms with Gasteiger partial charge < -0.3 is 11.1 Å². The molecular weight excluding hydrogens is 232 g/mol. The van der Waals surface area contributed by atoms with E-state index in [9.17, 15) is 0 Å². The standard InChI is InChI=1S/C14H15ClN2/c1-9-3-4-13(15)14(7-9)17-12-6-10(2)5-11(16)8-12/h3-8,17H,16H2,1-2H3. The fraction of sp³-hybridized carbons (Fsp3) is 0.143. The Morgan fingerprint density at radius 2 is 1.76 bits per heavy atom. The van der Waals surface area contributed by atoms with Crippen LogP contribution in [0.4, 0.5) is 17.1 Å². The van der Waals surface area contributed by atoms with E-state index in [4.69, 9.17) is 17.3 Å². The van der Waals surface area contributed by atoms with E-state index in [1.165, 1.54) is 0 Å². The second kappa shape index (κ2) is 4.68. The second-order valence-electron chi connectivity index (χ2n) is 4.24. The van der Waals surface area contributed by atoms with Gasteiger partial charge in [-0.2, -0.15) is 0 Å². The zero-order chi connectivity index (χ0) is 12.4. The second-order valence-corrected chi connectivity index (χ2v) is 4.65. The zero-order valence-corrected chi connectivity index (χ0v) is 10.7. The minimum absolute atomic E-state index is 0.704. The molecule has 0 atom stereocenters. The summed E-state index contributed by atoms with van der Waals surface area (Å²) in [6.45, 7) is 4.05. The van der Waals surface area contributed by atoms with Gasteiger partial charge in [-0.3, -0.25) is 0 Å². The van der Waals surface area contributed by atoms with E-state index in [1.54, 1.807) is 0 Å². The molecule has 3 heteroatoms. The minimum atomic E-state index is 0.704. The van der Waals surface area contributed by atoms with Crippen molar-refractivity contribution in [3.63, 3.8) is 0 Å². The molecule has 0 aliphatic carbocycles. The van der Waals surface area contributed by atoms with Gasteiger partial charge >= 0.3 is 0 Å². The molecule has 0 radical (unpaired) electrons. The molecule has 88 valence electrons. The molecule has 2 nitrogen and oxygen atoms in total. The number of nitrogen functional groups attached to an aromatic ring is 1. The maximum absolute atomic E-state index is 6.13. The molecule has 3 N–H and O–H groups in total. The molecule has 0 spiro atoms. The molecule has 0 aliphatic heterocycles. The number of halogens is 1. The van der Waals surface area contributed by atoms with Gasteiger partial charge in [-0.05, 0) is 55.3 Å². The fourth-order valence-electron chi connectivity index (χ4n) is 1.78. The van der Waals surface area contributed by atoms with Crippen LogP contribution in [0.25, 0.3) is 0 Å². The van der Waals surface area contributed by atoms with Crippen molar-refractivity contribution >= 4 is 28.7 Å². The molecule has 0 fully saturated rings. The van der Waals surface area contributed by atoms with Crippen molar-refractivity contribution in [2.45, 2.75) is 13.8 Å². The lowest BCUT2D eigenvalue weighted by atomic mass is 10.1. The lowest BCUT2D eigenvalue weighted by Crippen LogP contribution is -1.94. The number of rotatable bonds is 2. The summed E-state index contributed by atoms with van der Waals surface area (Å²) in [7, 11) is 0. The normalized spacial score (nSPS) is 10.3. The fourth-order valence-corrected chi connectivity index (χ4v) is 1.94. The first-order valence-corrected chi connectivity index (χ1v) is 5.83. The Labute approximate surface area is 106 Å². The molecule has 0 bridgehead atoms. The Balaban J connectivity index is 2.34. The number of aryl methyl sites for hydroxylation is 2. The van der Waals surface area contributed by atoms with Gasteiger partial charge in [0.25, 0.3) is 0 Å². The van der Waals surface area contributed by atoms with Crippen LogP contribution in [0.2, 0.25) is 5.02 Å². The van der Waals surface area contributed by atoms with Crippen molar-refractivity contribution in [1.82, 2.24) is 0 Å². The summed E-state index contributed by atoms with van der Waals surface area (Å²) in [5.74, 6) is 0. The highest BCUT2D eigenvalue weighted by atomic mass is 35.5. The number of nitrogens with one attached hydrogen (secondary N) is 1. The molecule has 2 rings (SSSR count). The van der Waals surface area contributed by atoms with Crippen LogP contribution < -0.4 is 11.1 Å². The number of hydrogen-bond donors (Lipinski definition) is 2. The third-order valence-electron chi connectivity index (χ3n) is 2.50. The third-order valence-corrected chi connectivity index (χ3v) is 2.83. The average Bonchev–Trinajstić information content (AvgIpc) is 2.22. The third kappa shape index (κ3) is 2.92. The van der Waals surface area contributed by atoms with Crippen LogP contribution in [0, 0.1) is 13.8 Å². The van der Waals surface area contributed by atoms with Crippen molar-refractivity contribution in [2.24, 2.45) is 0 Å². The largest absolute Gasteiger partial charge is 0.399 e. The molecule has 0 saturated carbocycles. The van der Waals surface area contributed by atoms with Crippen LogP contribution >= 0.6 is 11.6 Å². The number of benzene rings is 2. The van der Waals surface area contributed by atoms with Gasteiger partial charge in [-0.1, -0.05) is 17.7 Å². The van der Waals surface area contributed by atoms with Crippen LogP contribution in [-0.2, 0) is 0 Å². The van der Waals surface area contributed by atoms with E-state index >= 15 is 0 Å². The topological polar surface area (TPSA) is 38.0 Å². The van der Waals surface area contributed by atoms with Gasteiger partial charge in [0.05, 0.1) is 10.7 Å². The molecule has 0 unspecified atom stereocenters. The summed E-state index contributed by atoms with van der Waals surface area (Å²) in [5, 5.41) is 3.99. The van der Waals surface area contributed by atoms with Gasteiger partial charge in [0, 0.05) is 11.4 Å². The quantitative estimate of drug-likeness (QED) is 0.776. The molecule has 0 heterocycles. The zero-order valence-electron chi connectivity index (χ0n) is 9.92. The maximum Gasteiger partial charge on any atom is 0.0641 e. The van der Waals surface area contributed by atoms with Gasteiger partial charge in [-0.25, -0.2) is 0 Å². The average molecular weight is 247 g/mol. The Bertz CT molecular complexity index is 530. The number of nitrogens with two attached hydrogens (primary N) is 1. The van der Waals surface area contributed by atoms with Gasteiger partial charge in [-0.15, -0.1) is 0 Å². The van der Waals surface area contributed by atoms with Crippen molar-refractivity contribution in [3.05, 3.63) is 52.5 Å². The Morgan fingerprint density at radius 3 is 2.47 bits per heavy atom. The maximum atomic E-state index is 6.13. The van der Waals surface area contributed by atoms with Crippen molar-refractivity contribution < 1.29 is 0 Å². The van der Waals surface area contributed by atoms with E-state index in [0.717, 1.165) is 28.2 Å². The summed E-state index contributed by atoms with van der Waals surface area (Å²) in [6, 6.07) is 11.8. The summed E-state index contributed by atoms with van der Waals surface area (Å²) < 4.78 is 0. The van der Waals surface area contributed by atoms with Crippen LogP contribution in [0.5, 0.6) is 0 Å². The molecule has 0 saturated heterocycles. The van der Waals surface area contributed by atoms with E-state index < -0.39 is 0 Å². The first kappa shape index (κ1) is 11.8. The smallest absolute Gasteiger partial charge is 0.0641 e. The number of hydrogen-bond acceptors (Lipinski definition) is 2. The molecule has 2 aromatic rings. The van der Waals surface area contributed by atoms with Crippen molar-refractivity contribution in [2.75, 3.05) is 11.1 Å². The molecule has 0 aromatic heterocycles. The Morgan fingerprint density at radius 1 is 1.00 bits per heavy atom. The lowest BCUT2D eigenvalue weighted by Gasteiger charge is -2.10. The minimum Gasteiger partial charge on any atom is -0.399 e. The van der Waals surface area contributed by atoms with E-state index in [2.05, 4.69) is 5.32 Å². The summed E-state index contributed by atoms with van der Waals surface area (Å²) >= 11 is 6.13. The van der Waals surface area contributed by atoms with E-state index in [0.29, 0.717) is 5.02 Å². The van der Waals surface area contributed by atoms with Gasteiger partial charge in [0.1, 0.15) is 0 Å².